The zero-order valence-electron chi connectivity index (χ0n) is 13.6. The van der Waals surface area contributed by atoms with Crippen molar-refractivity contribution in [3.05, 3.63) is 57.0 Å². The third-order valence-corrected chi connectivity index (χ3v) is 4.85. The molecule has 1 amide bonds. The molecule has 7 heteroatoms. The number of halogens is 1. The van der Waals surface area contributed by atoms with Gasteiger partial charge in [0.25, 0.3) is 5.56 Å². The molecule has 1 atom stereocenters. The minimum absolute atomic E-state index is 0.00773. The van der Waals surface area contributed by atoms with E-state index in [0.717, 1.165) is 5.56 Å². The molecular formula is C17H19ClN4O2. The number of amides is 1. The highest BCUT2D eigenvalue weighted by atomic mass is 35.5. The average molecular weight is 347 g/mol. The van der Waals surface area contributed by atoms with Gasteiger partial charge in [-0.25, -0.2) is 5.10 Å². The Morgan fingerprint density at radius 3 is 2.71 bits per heavy atom. The number of hydrogen-bond donors (Lipinski definition) is 1. The molecule has 2 heterocycles. The maximum atomic E-state index is 12.6. The quantitative estimate of drug-likeness (QED) is 0.924. The second-order valence-corrected chi connectivity index (χ2v) is 6.32. The van der Waals surface area contributed by atoms with E-state index in [-0.39, 0.29) is 23.5 Å². The van der Waals surface area contributed by atoms with Gasteiger partial charge in [0.15, 0.2) is 0 Å². The van der Waals surface area contributed by atoms with Crippen LogP contribution in [0, 0.1) is 6.92 Å². The molecule has 6 nitrogen and oxygen atoms in total. The molecule has 2 aromatic rings. The number of hydrogen-bond acceptors (Lipinski definition) is 4. The standard InChI is InChI=1S/C17H19ClN4O2/c1-11-5-3-4-6-13(11)12(2)22-8-7-21(10-15(22)23)14-9-19-20-17(24)16(14)18/h3-6,9,12H,7-8,10H2,1-2H3,(H,20,24)/t12-/m0/s1. The number of anilines is 1. The van der Waals surface area contributed by atoms with Crippen LogP contribution in [0.2, 0.25) is 5.02 Å². The Hall–Kier alpha value is -2.34. The first-order valence-electron chi connectivity index (χ1n) is 7.82. The summed E-state index contributed by atoms with van der Waals surface area (Å²) in [6.45, 7) is 5.44. The van der Waals surface area contributed by atoms with Crippen molar-refractivity contribution in [3.63, 3.8) is 0 Å². The third-order valence-electron chi connectivity index (χ3n) is 4.48. The fourth-order valence-electron chi connectivity index (χ4n) is 3.12. The number of aryl methyl sites for hydroxylation is 1. The molecule has 24 heavy (non-hydrogen) atoms. The first-order chi connectivity index (χ1) is 11.5. The maximum absolute atomic E-state index is 12.6. The molecule has 0 radical (unpaired) electrons. The lowest BCUT2D eigenvalue weighted by Crippen LogP contribution is -2.51. The third kappa shape index (κ3) is 3.01. The number of nitrogens with zero attached hydrogens (tertiary/aromatic N) is 3. The summed E-state index contributed by atoms with van der Waals surface area (Å²) in [6, 6.07) is 8.09. The van der Waals surface area contributed by atoms with Crippen LogP contribution < -0.4 is 10.5 Å². The number of nitrogens with one attached hydrogen (secondary N) is 1. The van der Waals surface area contributed by atoms with Gasteiger partial charge in [-0.15, -0.1) is 0 Å². The van der Waals surface area contributed by atoms with E-state index in [9.17, 15) is 9.59 Å². The van der Waals surface area contributed by atoms with Crippen molar-refractivity contribution in [2.75, 3.05) is 24.5 Å². The van der Waals surface area contributed by atoms with Gasteiger partial charge < -0.3 is 9.80 Å². The lowest BCUT2D eigenvalue weighted by molar-refractivity contribution is -0.133. The molecule has 1 aliphatic heterocycles. The lowest BCUT2D eigenvalue weighted by atomic mass is 10.0. The monoisotopic (exact) mass is 346 g/mol. The summed E-state index contributed by atoms with van der Waals surface area (Å²) in [5.41, 5.74) is 2.37. The van der Waals surface area contributed by atoms with Crippen molar-refractivity contribution in [1.82, 2.24) is 15.1 Å². The summed E-state index contributed by atoms with van der Waals surface area (Å²) in [4.78, 5) is 27.9. The topological polar surface area (TPSA) is 69.3 Å². The van der Waals surface area contributed by atoms with Gasteiger partial charge in [-0.1, -0.05) is 35.9 Å². The lowest BCUT2D eigenvalue weighted by Gasteiger charge is -2.39. The fraction of sp³-hybridized carbons (Fsp3) is 0.353. The van der Waals surface area contributed by atoms with Crippen molar-refractivity contribution in [2.45, 2.75) is 19.9 Å². The van der Waals surface area contributed by atoms with Crippen LogP contribution in [0.1, 0.15) is 24.1 Å². The molecule has 3 rings (SSSR count). The number of aromatic nitrogens is 2. The summed E-state index contributed by atoms with van der Waals surface area (Å²) in [7, 11) is 0. The number of H-pyrrole nitrogens is 1. The maximum Gasteiger partial charge on any atom is 0.285 e. The van der Waals surface area contributed by atoms with E-state index in [2.05, 4.69) is 16.3 Å². The van der Waals surface area contributed by atoms with Gasteiger partial charge in [-0.3, -0.25) is 9.59 Å². The summed E-state index contributed by atoms with van der Waals surface area (Å²) in [5.74, 6) is 0.00773. The number of carbonyl (C=O) groups excluding carboxylic acids is 1. The van der Waals surface area contributed by atoms with Crippen molar-refractivity contribution in [3.8, 4) is 0 Å². The molecule has 0 unspecified atom stereocenters. The zero-order valence-corrected chi connectivity index (χ0v) is 14.4. The van der Waals surface area contributed by atoms with Crippen LogP contribution >= 0.6 is 11.6 Å². The van der Waals surface area contributed by atoms with Crippen LogP contribution in [0.15, 0.2) is 35.3 Å². The minimum Gasteiger partial charge on any atom is -0.358 e. The molecule has 126 valence electrons. The molecule has 1 aromatic carbocycles. The van der Waals surface area contributed by atoms with E-state index in [4.69, 9.17) is 11.6 Å². The second kappa shape index (κ2) is 6.65. The van der Waals surface area contributed by atoms with E-state index in [1.807, 2.05) is 36.9 Å². The molecule has 0 spiro atoms. The molecule has 0 bridgehead atoms. The molecule has 1 aliphatic rings. The molecule has 1 N–H and O–H groups in total. The van der Waals surface area contributed by atoms with Crippen LogP contribution in [0.25, 0.3) is 0 Å². The van der Waals surface area contributed by atoms with Crippen molar-refractivity contribution < 1.29 is 4.79 Å². The summed E-state index contributed by atoms with van der Waals surface area (Å²) in [6.07, 6.45) is 1.48. The van der Waals surface area contributed by atoms with Gasteiger partial charge in [0, 0.05) is 13.1 Å². The Balaban J connectivity index is 1.79. The van der Waals surface area contributed by atoms with E-state index in [0.29, 0.717) is 18.8 Å². The highest BCUT2D eigenvalue weighted by Gasteiger charge is 2.30. The Bertz CT molecular complexity index is 820. The largest absolute Gasteiger partial charge is 0.358 e. The molecule has 1 saturated heterocycles. The smallest absolute Gasteiger partial charge is 0.285 e. The second-order valence-electron chi connectivity index (χ2n) is 5.94. The van der Waals surface area contributed by atoms with Gasteiger partial charge in [0.05, 0.1) is 24.5 Å². The Kier molecular flexibility index (Phi) is 4.57. The van der Waals surface area contributed by atoms with Crippen molar-refractivity contribution in [2.24, 2.45) is 0 Å². The van der Waals surface area contributed by atoms with E-state index in [1.54, 1.807) is 4.90 Å². The van der Waals surface area contributed by atoms with Crippen LogP contribution in [-0.4, -0.2) is 40.6 Å². The molecule has 1 fully saturated rings. The van der Waals surface area contributed by atoms with Gasteiger partial charge >= 0.3 is 0 Å². The van der Waals surface area contributed by atoms with Gasteiger partial charge in [-0.05, 0) is 25.0 Å². The number of carbonyl (C=O) groups is 1. The van der Waals surface area contributed by atoms with Crippen molar-refractivity contribution in [1.29, 1.82) is 0 Å². The SMILES string of the molecule is Cc1ccccc1[C@H](C)N1CCN(c2cn[nH]c(=O)c2Cl)CC1=O. The summed E-state index contributed by atoms with van der Waals surface area (Å²) < 4.78 is 0. The summed E-state index contributed by atoms with van der Waals surface area (Å²) in [5, 5.41) is 6.12. The van der Waals surface area contributed by atoms with E-state index >= 15 is 0 Å². The van der Waals surface area contributed by atoms with Crippen LogP contribution in [0.5, 0.6) is 0 Å². The van der Waals surface area contributed by atoms with Crippen LogP contribution in [-0.2, 0) is 4.79 Å². The zero-order chi connectivity index (χ0) is 17.3. The average Bonchev–Trinajstić information content (AvgIpc) is 2.57. The number of rotatable bonds is 3. The number of piperazine rings is 1. The normalized spacial score (nSPS) is 16.4. The fourth-order valence-corrected chi connectivity index (χ4v) is 3.33. The number of benzene rings is 1. The first-order valence-corrected chi connectivity index (χ1v) is 8.20. The Labute approximate surface area is 145 Å². The van der Waals surface area contributed by atoms with Gasteiger partial charge in [0.2, 0.25) is 5.91 Å². The van der Waals surface area contributed by atoms with E-state index < -0.39 is 5.56 Å². The molecule has 0 aliphatic carbocycles. The van der Waals surface area contributed by atoms with Gasteiger partial charge in [0.1, 0.15) is 5.02 Å². The van der Waals surface area contributed by atoms with Gasteiger partial charge in [-0.2, -0.15) is 5.10 Å². The Morgan fingerprint density at radius 2 is 2.00 bits per heavy atom. The molecule has 0 saturated carbocycles. The highest BCUT2D eigenvalue weighted by Crippen LogP contribution is 2.27. The van der Waals surface area contributed by atoms with Crippen LogP contribution in [0.4, 0.5) is 5.69 Å². The first kappa shape index (κ1) is 16.5. The molecule has 1 aromatic heterocycles. The summed E-state index contributed by atoms with van der Waals surface area (Å²) >= 11 is 6.04. The predicted octanol–water partition coefficient (Wildman–Crippen LogP) is 2.14. The van der Waals surface area contributed by atoms with Crippen LogP contribution in [0.3, 0.4) is 0 Å². The van der Waals surface area contributed by atoms with Crippen molar-refractivity contribution >= 4 is 23.2 Å². The van der Waals surface area contributed by atoms with E-state index in [1.165, 1.54) is 11.8 Å². The number of aromatic amines is 1. The highest BCUT2D eigenvalue weighted by molar-refractivity contribution is 6.33. The minimum atomic E-state index is -0.447. The molecular weight excluding hydrogens is 328 g/mol. The predicted molar refractivity (Wildman–Crippen MR) is 93.4 cm³/mol. The Morgan fingerprint density at radius 1 is 1.25 bits per heavy atom.